The number of carbonyl (C=O) groups excluding carboxylic acids is 3. The van der Waals surface area contributed by atoms with Crippen LogP contribution in [0.25, 0.3) is 22.0 Å². The molecule has 0 unspecified atom stereocenters. The highest BCUT2D eigenvalue weighted by molar-refractivity contribution is 5.98. The number of halogens is 1. The van der Waals surface area contributed by atoms with Gasteiger partial charge in [0.1, 0.15) is 5.82 Å². The molecule has 35 heavy (non-hydrogen) atoms. The van der Waals surface area contributed by atoms with Crippen molar-refractivity contribution in [1.29, 1.82) is 0 Å². The number of carbonyl (C=O) groups is 3. The molecule has 4 aromatic rings. The summed E-state index contributed by atoms with van der Waals surface area (Å²) in [4.78, 5) is 41.8. The number of para-hydroxylation sites is 1. The molecule has 0 fully saturated rings. The molecule has 0 saturated heterocycles. The van der Waals surface area contributed by atoms with Gasteiger partial charge >= 0.3 is 6.03 Å². The Morgan fingerprint density at radius 2 is 1.86 bits per heavy atom. The Morgan fingerprint density at radius 3 is 2.66 bits per heavy atom. The van der Waals surface area contributed by atoms with Gasteiger partial charge in [-0.1, -0.05) is 54.6 Å². The largest absolute Gasteiger partial charge is 0.332 e. The van der Waals surface area contributed by atoms with Gasteiger partial charge in [0.25, 0.3) is 5.91 Å². The number of aromatic nitrogens is 1. The molecule has 0 bridgehead atoms. The maximum absolute atomic E-state index is 13.6. The Morgan fingerprint density at radius 1 is 1.06 bits per heavy atom. The summed E-state index contributed by atoms with van der Waals surface area (Å²) in [6, 6.07) is 20.3. The first-order valence-electron chi connectivity index (χ1n) is 11.1. The number of amides is 4. The molecule has 0 spiro atoms. The van der Waals surface area contributed by atoms with Gasteiger partial charge in [0.15, 0.2) is 0 Å². The molecule has 8 heteroatoms. The smallest absolute Gasteiger partial charge is 0.321 e. The molecule has 1 aromatic heterocycles. The van der Waals surface area contributed by atoms with E-state index in [1.807, 2.05) is 54.6 Å². The van der Waals surface area contributed by atoms with Crippen LogP contribution in [0.4, 0.5) is 9.18 Å². The van der Waals surface area contributed by atoms with Crippen LogP contribution in [0.5, 0.6) is 0 Å². The molecule has 2 N–H and O–H groups in total. The molecule has 3 aromatic carbocycles. The van der Waals surface area contributed by atoms with Crippen LogP contribution in [-0.2, 0) is 11.3 Å². The highest BCUT2D eigenvalue weighted by Gasteiger charge is 2.30. The number of imide groups is 1. The van der Waals surface area contributed by atoms with E-state index >= 15 is 0 Å². The Bertz CT molecular complexity index is 1430. The lowest BCUT2D eigenvalue weighted by molar-refractivity contribution is -0.108. The Hall–Kier alpha value is -4.59. The van der Waals surface area contributed by atoms with E-state index in [1.54, 1.807) is 17.2 Å². The van der Waals surface area contributed by atoms with E-state index < -0.39 is 17.9 Å². The zero-order valence-corrected chi connectivity index (χ0v) is 18.6. The summed E-state index contributed by atoms with van der Waals surface area (Å²) in [5.41, 5.74) is 4.61. The van der Waals surface area contributed by atoms with Crippen LogP contribution in [0.2, 0.25) is 0 Å². The van der Waals surface area contributed by atoms with Crippen molar-refractivity contribution in [2.24, 2.45) is 0 Å². The first-order chi connectivity index (χ1) is 17.0. The van der Waals surface area contributed by atoms with Crippen molar-refractivity contribution < 1.29 is 18.8 Å². The second-order valence-corrected chi connectivity index (χ2v) is 8.28. The fourth-order valence-corrected chi connectivity index (χ4v) is 4.42. The number of hydrogen-bond acceptors (Lipinski definition) is 4. The van der Waals surface area contributed by atoms with E-state index in [1.165, 1.54) is 12.1 Å². The first kappa shape index (κ1) is 22.2. The summed E-state index contributed by atoms with van der Waals surface area (Å²) in [6.45, 7) is 0.457. The molecular weight excluding hydrogens is 447 g/mol. The van der Waals surface area contributed by atoms with Crippen LogP contribution in [0.3, 0.4) is 0 Å². The van der Waals surface area contributed by atoms with Gasteiger partial charge in [0.05, 0.1) is 11.6 Å². The normalized spacial score (nSPS) is 13.4. The molecule has 7 nitrogen and oxygen atoms in total. The Labute approximate surface area is 200 Å². The fourth-order valence-electron chi connectivity index (χ4n) is 4.42. The number of nitrogens with zero attached hydrogens (tertiary/aromatic N) is 2. The van der Waals surface area contributed by atoms with Crippen LogP contribution in [0.15, 0.2) is 79.0 Å². The maximum atomic E-state index is 13.6. The number of nitrogens with one attached hydrogen (secondary N) is 2. The Balaban J connectivity index is 1.43. The molecule has 0 saturated carbocycles. The van der Waals surface area contributed by atoms with E-state index in [-0.39, 0.29) is 12.5 Å². The van der Waals surface area contributed by atoms with Crippen LogP contribution in [-0.4, -0.2) is 34.8 Å². The molecule has 5 rings (SSSR count). The van der Waals surface area contributed by atoms with E-state index in [2.05, 4.69) is 15.6 Å². The van der Waals surface area contributed by atoms with Gasteiger partial charge in [0.2, 0.25) is 6.41 Å². The number of fused-ring (bicyclic) bond motifs is 2. The second kappa shape index (κ2) is 9.34. The number of rotatable bonds is 6. The average molecular weight is 468 g/mol. The van der Waals surface area contributed by atoms with Crippen molar-refractivity contribution in [1.82, 2.24) is 20.5 Å². The average Bonchev–Trinajstić information content (AvgIpc) is 3.18. The van der Waals surface area contributed by atoms with Crippen molar-refractivity contribution in [3.63, 3.8) is 0 Å². The topological polar surface area (TPSA) is 91.4 Å². The zero-order chi connectivity index (χ0) is 24.4. The second-order valence-electron chi connectivity index (χ2n) is 8.28. The van der Waals surface area contributed by atoms with Gasteiger partial charge in [-0.3, -0.25) is 19.9 Å². The lowest BCUT2D eigenvalue weighted by atomic mass is 9.98. The predicted molar refractivity (Wildman–Crippen MR) is 129 cm³/mol. The molecule has 0 radical (unpaired) electrons. The number of pyridine rings is 1. The van der Waals surface area contributed by atoms with Gasteiger partial charge in [0, 0.05) is 35.8 Å². The van der Waals surface area contributed by atoms with Crippen LogP contribution in [0.1, 0.15) is 27.5 Å². The van der Waals surface area contributed by atoms with E-state index in [4.69, 9.17) is 0 Å². The lowest BCUT2D eigenvalue weighted by Crippen LogP contribution is -2.42. The SMILES string of the molecule is O=CNC(=O)N[C@@H](CN1Cc2ccc(F)cc2C1=O)c1ccc(-c2cccc3cccnc23)cc1. The van der Waals surface area contributed by atoms with Gasteiger partial charge in [-0.05, 0) is 34.9 Å². The summed E-state index contributed by atoms with van der Waals surface area (Å²) in [6.07, 6.45) is 2.05. The molecule has 0 aliphatic carbocycles. The first-order valence-corrected chi connectivity index (χ1v) is 11.1. The minimum absolute atomic E-state index is 0.149. The van der Waals surface area contributed by atoms with Crippen molar-refractivity contribution in [3.8, 4) is 11.1 Å². The van der Waals surface area contributed by atoms with E-state index in [0.717, 1.165) is 33.2 Å². The van der Waals surface area contributed by atoms with Crippen LogP contribution < -0.4 is 10.6 Å². The molecule has 4 amide bonds. The van der Waals surface area contributed by atoms with Crippen molar-refractivity contribution in [3.05, 3.63) is 102 Å². The minimum atomic E-state index is -0.678. The summed E-state index contributed by atoms with van der Waals surface area (Å²) < 4.78 is 13.6. The molecule has 1 aliphatic rings. The predicted octanol–water partition coefficient (Wildman–Crippen LogP) is 4.19. The fraction of sp³-hybridized carbons (Fsp3) is 0.111. The van der Waals surface area contributed by atoms with Crippen molar-refractivity contribution in [2.75, 3.05) is 6.54 Å². The van der Waals surface area contributed by atoms with Gasteiger partial charge in [-0.15, -0.1) is 0 Å². The summed E-state index contributed by atoms with van der Waals surface area (Å²) >= 11 is 0. The summed E-state index contributed by atoms with van der Waals surface area (Å²) in [5.74, 6) is -0.780. The third kappa shape index (κ3) is 4.46. The standard InChI is InChI=1S/C27H21FN4O3/c28-21-11-10-20-14-32(26(34)23(20)13-21)15-24(31-27(35)30-16-33)18-8-6-17(7-9-18)22-5-1-3-19-4-2-12-29-25(19)22/h1-13,16,24H,14-15H2,(H2,30,31,33,35)/t24-/m0/s1. The van der Waals surface area contributed by atoms with E-state index in [0.29, 0.717) is 18.5 Å². The quantitative estimate of drug-likeness (QED) is 0.415. The summed E-state index contributed by atoms with van der Waals surface area (Å²) in [5, 5.41) is 5.85. The lowest BCUT2D eigenvalue weighted by Gasteiger charge is -2.25. The molecule has 174 valence electrons. The van der Waals surface area contributed by atoms with Crippen molar-refractivity contribution in [2.45, 2.75) is 12.6 Å². The third-order valence-corrected chi connectivity index (χ3v) is 6.11. The van der Waals surface area contributed by atoms with Crippen LogP contribution in [0, 0.1) is 5.82 Å². The van der Waals surface area contributed by atoms with Gasteiger partial charge in [-0.25, -0.2) is 9.18 Å². The summed E-state index contributed by atoms with van der Waals surface area (Å²) in [7, 11) is 0. The number of urea groups is 1. The maximum Gasteiger partial charge on any atom is 0.321 e. The monoisotopic (exact) mass is 468 g/mol. The number of hydrogen-bond donors (Lipinski definition) is 2. The molecule has 2 heterocycles. The highest BCUT2D eigenvalue weighted by atomic mass is 19.1. The molecule has 1 aliphatic heterocycles. The van der Waals surface area contributed by atoms with E-state index in [9.17, 15) is 18.8 Å². The zero-order valence-electron chi connectivity index (χ0n) is 18.6. The minimum Gasteiger partial charge on any atom is -0.332 e. The van der Waals surface area contributed by atoms with Gasteiger partial charge in [-0.2, -0.15) is 0 Å². The van der Waals surface area contributed by atoms with Crippen LogP contribution >= 0.6 is 0 Å². The molecule has 1 atom stereocenters. The van der Waals surface area contributed by atoms with Crippen molar-refractivity contribution >= 4 is 29.3 Å². The Kier molecular flexibility index (Phi) is 5.93. The number of benzene rings is 3. The molecular formula is C27H21FN4O3. The third-order valence-electron chi connectivity index (χ3n) is 6.11. The van der Waals surface area contributed by atoms with Gasteiger partial charge < -0.3 is 10.2 Å². The highest BCUT2D eigenvalue weighted by Crippen LogP contribution is 2.30.